The lowest BCUT2D eigenvalue weighted by Gasteiger charge is -2.36. The Balaban J connectivity index is 1.61. The summed E-state index contributed by atoms with van der Waals surface area (Å²) in [6, 6.07) is 24.3. The predicted molar refractivity (Wildman–Crippen MR) is 121 cm³/mol. The molecule has 1 atom stereocenters. The average molecular weight is 415 g/mol. The Morgan fingerprint density at radius 3 is 2.32 bits per heavy atom. The Labute approximate surface area is 182 Å². The molecule has 5 nitrogen and oxygen atoms in total. The van der Waals surface area contributed by atoms with Gasteiger partial charge in [-0.15, -0.1) is 0 Å². The summed E-state index contributed by atoms with van der Waals surface area (Å²) in [5.41, 5.74) is 2.59. The van der Waals surface area contributed by atoms with Crippen molar-refractivity contribution in [1.29, 1.82) is 0 Å². The summed E-state index contributed by atoms with van der Waals surface area (Å²) >= 11 is 0. The van der Waals surface area contributed by atoms with Crippen LogP contribution >= 0.6 is 0 Å². The van der Waals surface area contributed by atoms with Crippen LogP contribution in [0.25, 0.3) is 0 Å². The maximum absolute atomic E-state index is 13.6. The molecule has 1 aliphatic heterocycles. The first-order valence-electron chi connectivity index (χ1n) is 10.5. The number of hydrogen-bond acceptors (Lipinski definition) is 4. The molecule has 31 heavy (non-hydrogen) atoms. The summed E-state index contributed by atoms with van der Waals surface area (Å²) in [7, 11) is 1.59. The van der Waals surface area contributed by atoms with Gasteiger partial charge in [0, 0.05) is 36.8 Å². The van der Waals surface area contributed by atoms with Crippen LogP contribution in [0.5, 0.6) is 5.75 Å². The van der Waals surface area contributed by atoms with E-state index in [2.05, 4.69) is 17.4 Å². The number of benzene rings is 3. The highest BCUT2D eigenvalue weighted by Gasteiger charge is 2.29. The van der Waals surface area contributed by atoms with Gasteiger partial charge >= 0.3 is 0 Å². The third kappa shape index (κ3) is 4.67. The molecule has 158 valence electrons. The maximum atomic E-state index is 13.6. The van der Waals surface area contributed by atoms with Crippen LogP contribution in [-0.4, -0.2) is 49.4 Å². The minimum atomic E-state index is -0.165. The van der Waals surface area contributed by atoms with Crippen molar-refractivity contribution in [3.8, 4) is 5.75 Å². The molecule has 1 N–H and O–H groups in total. The Morgan fingerprint density at radius 2 is 1.61 bits per heavy atom. The highest BCUT2D eigenvalue weighted by molar-refractivity contribution is 6.15. The fourth-order valence-electron chi connectivity index (χ4n) is 4.02. The van der Waals surface area contributed by atoms with Crippen molar-refractivity contribution in [2.24, 2.45) is 0 Å². The molecule has 1 amide bonds. The van der Waals surface area contributed by atoms with E-state index in [4.69, 9.17) is 4.74 Å². The van der Waals surface area contributed by atoms with Gasteiger partial charge in [0.1, 0.15) is 5.75 Å². The molecule has 3 aromatic rings. The number of piperazine rings is 1. The van der Waals surface area contributed by atoms with Gasteiger partial charge in [0.15, 0.2) is 5.78 Å². The number of nitrogens with zero attached hydrogens (tertiary/aromatic N) is 1. The highest BCUT2D eigenvalue weighted by atomic mass is 16.5. The summed E-state index contributed by atoms with van der Waals surface area (Å²) < 4.78 is 5.18. The number of nitrogens with one attached hydrogen (secondary N) is 1. The summed E-state index contributed by atoms with van der Waals surface area (Å²) in [5.74, 6) is 0.423. The smallest absolute Gasteiger partial charge is 0.254 e. The Kier molecular flexibility index (Phi) is 6.43. The van der Waals surface area contributed by atoms with Gasteiger partial charge in [-0.1, -0.05) is 48.5 Å². The molecule has 1 fully saturated rings. The second-order valence-electron chi connectivity index (χ2n) is 7.65. The van der Waals surface area contributed by atoms with E-state index in [1.807, 2.05) is 29.2 Å². The van der Waals surface area contributed by atoms with Gasteiger partial charge in [0.2, 0.25) is 0 Å². The van der Waals surface area contributed by atoms with Crippen LogP contribution in [-0.2, 0) is 6.42 Å². The van der Waals surface area contributed by atoms with Crippen LogP contribution in [0.2, 0.25) is 0 Å². The SMILES string of the molecule is COc1ccc(C(=O)c2ccccc2C(=O)N2CCNC[C@H]2Cc2ccccc2)cc1. The van der Waals surface area contributed by atoms with Crippen molar-refractivity contribution >= 4 is 11.7 Å². The van der Waals surface area contributed by atoms with Crippen LogP contribution in [0, 0.1) is 0 Å². The lowest BCUT2D eigenvalue weighted by molar-refractivity contribution is 0.0633. The fourth-order valence-corrected chi connectivity index (χ4v) is 4.02. The lowest BCUT2D eigenvalue weighted by Crippen LogP contribution is -2.54. The van der Waals surface area contributed by atoms with E-state index in [1.54, 1.807) is 49.6 Å². The van der Waals surface area contributed by atoms with Crippen LogP contribution < -0.4 is 10.1 Å². The first-order valence-corrected chi connectivity index (χ1v) is 10.5. The van der Waals surface area contributed by atoms with Gasteiger partial charge in [0.25, 0.3) is 5.91 Å². The quantitative estimate of drug-likeness (QED) is 0.627. The van der Waals surface area contributed by atoms with E-state index < -0.39 is 0 Å². The van der Waals surface area contributed by atoms with Gasteiger partial charge in [-0.3, -0.25) is 9.59 Å². The summed E-state index contributed by atoms with van der Waals surface area (Å²) in [6.07, 6.45) is 0.772. The van der Waals surface area contributed by atoms with Crippen molar-refractivity contribution in [2.45, 2.75) is 12.5 Å². The number of hydrogen-bond donors (Lipinski definition) is 1. The summed E-state index contributed by atoms with van der Waals surface area (Å²) in [6.45, 7) is 2.09. The van der Waals surface area contributed by atoms with E-state index in [1.165, 1.54) is 5.56 Å². The van der Waals surface area contributed by atoms with Crippen LogP contribution in [0.1, 0.15) is 31.8 Å². The number of carbonyl (C=O) groups excluding carboxylic acids is 2. The Bertz CT molecular complexity index is 1050. The second-order valence-corrected chi connectivity index (χ2v) is 7.65. The van der Waals surface area contributed by atoms with Gasteiger partial charge in [-0.25, -0.2) is 0 Å². The molecule has 3 aromatic carbocycles. The van der Waals surface area contributed by atoms with Crippen molar-refractivity contribution in [3.63, 3.8) is 0 Å². The fraction of sp³-hybridized carbons (Fsp3) is 0.231. The zero-order valence-electron chi connectivity index (χ0n) is 17.6. The molecule has 0 aliphatic carbocycles. The van der Waals surface area contributed by atoms with Gasteiger partial charge in [0.05, 0.1) is 12.7 Å². The van der Waals surface area contributed by atoms with Crippen molar-refractivity contribution in [1.82, 2.24) is 10.2 Å². The Hall–Kier alpha value is -3.44. The van der Waals surface area contributed by atoms with E-state index in [0.29, 0.717) is 29.0 Å². The minimum absolute atomic E-state index is 0.0350. The first kappa shape index (κ1) is 20.8. The number of ether oxygens (including phenoxy) is 1. The number of methoxy groups -OCH3 is 1. The van der Waals surface area contributed by atoms with E-state index in [9.17, 15) is 9.59 Å². The molecule has 0 radical (unpaired) electrons. The Morgan fingerprint density at radius 1 is 0.935 bits per heavy atom. The van der Waals surface area contributed by atoms with Crippen LogP contribution in [0.15, 0.2) is 78.9 Å². The third-order valence-corrected chi connectivity index (χ3v) is 5.68. The molecule has 0 saturated carbocycles. The molecule has 0 unspecified atom stereocenters. The number of ketones is 1. The molecule has 0 spiro atoms. The zero-order valence-corrected chi connectivity index (χ0v) is 17.6. The monoisotopic (exact) mass is 414 g/mol. The molecule has 4 rings (SSSR count). The molecular formula is C26H26N2O3. The summed E-state index contributed by atoms with van der Waals surface area (Å²) in [5, 5.41) is 3.39. The van der Waals surface area contributed by atoms with E-state index >= 15 is 0 Å². The van der Waals surface area contributed by atoms with E-state index in [-0.39, 0.29) is 17.7 Å². The second kappa shape index (κ2) is 9.58. The predicted octanol–water partition coefficient (Wildman–Crippen LogP) is 3.58. The molecular weight excluding hydrogens is 388 g/mol. The number of amides is 1. The van der Waals surface area contributed by atoms with Crippen molar-refractivity contribution in [3.05, 3.63) is 101 Å². The molecule has 1 heterocycles. The average Bonchev–Trinajstić information content (AvgIpc) is 2.84. The zero-order chi connectivity index (χ0) is 21.6. The first-order chi connectivity index (χ1) is 15.2. The minimum Gasteiger partial charge on any atom is -0.497 e. The standard InChI is InChI=1S/C26H26N2O3/c1-31-22-13-11-20(12-14-22)25(29)23-9-5-6-10-24(23)26(30)28-16-15-27-18-21(28)17-19-7-3-2-4-8-19/h2-14,21,27H,15-18H2,1H3/t21-/m1/s1. The largest absolute Gasteiger partial charge is 0.497 e. The third-order valence-electron chi connectivity index (χ3n) is 5.68. The molecule has 5 heteroatoms. The van der Waals surface area contributed by atoms with E-state index in [0.717, 1.165) is 19.5 Å². The number of rotatable bonds is 6. The highest BCUT2D eigenvalue weighted by Crippen LogP contribution is 2.21. The van der Waals surface area contributed by atoms with Gasteiger partial charge in [-0.2, -0.15) is 0 Å². The van der Waals surface area contributed by atoms with Gasteiger partial charge in [-0.05, 0) is 42.3 Å². The maximum Gasteiger partial charge on any atom is 0.254 e. The summed E-state index contributed by atoms with van der Waals surface area (Å²) in [4.78, 5) is 28.7. The lowest BCUT2D eigenvalue weighted by atomic mass is 9.96. The van der Waals surface area contributed by atoms with Crippen LogP contribution in [0.3, 0.4) is 0 Å². The van der Waals surface area contributed by atoms with Crippen molar-refractivity contribution < 1.29 is 14.3 Å². The van der Waals surface area contributed by atoms with Gasteiger partial charge < -0.3 is 15.0 Å². The topological polar surface area (TPSA) is 58.6 Å². The van der Waals surface area contributed by atoms with Crippen LogP contribution in [0.4, 0.5) is 0 Å². The molecule has 1 aliphatic rings. The molecule has 1 saturated heterocycles. The number of carbonyl (C=O) groups is 2. The van der Waals surface area contributed by atoms with Crippen molar-refractivity contribution in [2.75, 3.05) is 26.7 Å². The normalized spacial score (nSPS) is 16.0. The molecule has 0 aromatic heterocycles. The molecule has 0 bridgehead atoms.